The van der Waals surface area contributed by atoms with Gasteiger partial charge in [-0.2, -0.15) is 0 Å². The number of hydrogen-bond acceptors (Lipinski definition) is 6. The van der Waals surface area contributed by atoms with E-state index in [2.05, 4.69) is 20.3 Å². The van der Waals surface area contributed by atoms with Gasteiger partial charge in [0.2, 0.25) is 0 Å². The number of aldehydes is 1. The summed E-state index contributed by atoms with van der Waals surface area (Å²) in [6, 6.07) is 0. The summed E-state index contributed by atoms with van der Waals surface area (Å²) in [6.45, 7) is 4.22. The number of anilines is 1. The van der Waals surface area contributed by atoms with Crippen LogP contribution < -0.4 is 5.32 Å². The van der Waals surface area contributed by atoms with E-state index in [1.54, 1.807) is 23.8 Å². The van der Waals surface area contributed by atoms with Gasteiger partial charge in [-0.25, -0.2) is 15.0 Å². The van der Waals surface area contributed by atoms with Gasteiger partial charge in [-0.3, -0.25) is 4.79 Å². The molecule has 2 rings (SSSR count). The number of hydrogen-bond donors (Lipinski definition) is 1. The molecule has 2 aromatic rings. The topological polar surface area (TPSA) is 67.8 Å². The molecule has 0 aliphatic carbocycles. The number of carbonyl (C=O) groups excluding carboxylic acids is 1. The third-order valence-corrected chi connectivity index (χ3v) is 3.61. The normalized spacial score (nSPS) is 10.4. The summed E-state index contributed by atoms with van der Waals surface area (Å²) in [4.78, 5) is 24.3. The zero-order chi connectivity index (χ0) is 13.1. The van der Waals surface area contributed by atoms with Crippen LogP contribution in [0, 0.1) is 13.8 Å². The molecule has 0 bridgehead atoms. The van der Waals surface area contributed by atoms with E-state index >= 15 is 0 Å². The van der Waals surface area contributed by atoms with Crippen LogP contribution in [0.5, 0.6) is 0 Å². The van der Waals surface area contributed by atoms with Crippen molar-refractivity contribution in [3.8, 4) is 0 Å². The molecular formula is C11H11ClN4OS. The molecule has 94 valence electrons. The Balaban J connectivity index is 2.23. The monoisotopic (exact) mass is 282 g/mol. The highest BCUT2D eigenvalue weighted by Gasteiger charge is 2.11. The highest BCUT2D eigenvalue weighted by Crippen LogP contribution is 2.21. The van der Waals surface area contributed by atoms with Crippen molar-refractivity contribution < 1.29 is 4.79 Å². The Bertz CT molecular complexity index is 584. The van der Waals surface area contributed by atoms with Crippen LogP contribution in [-0.4, -0.2) is 21.2 Å². The van der Waals surface area contributed by atoms with E-state index in [9.17, 15) is 4.79 Å². The lowest BCUT2D eigenvalue weighted by atomic mass is 10.3. The van der Waals surface area contributed by atoms with Gasteiger partial charge < -0.3 is 5.32 Å². The fourth-order valence-corrected chi connectivity index (χ4v) is 2.42. The molecule has 0 unspecified atom stereocenters. The maximum Gasteiger partial charge on any atom is 0.156 e. The van der Waals surface area contributed by atoms with E-state index in [1.807, 2.05) is 6.92 Å². The molecule has 0 aliphatic heterocycles. The van der Waals surface area contributed by atoms with Crippen LogP contribution >= 0.6 is 22.9 Å². The first-order valence-corrected chi connectivity index (χ1v) is 6.49. The van der Waals surface area contributed by atoms with Crippen molar-refractivity contribution in [1.82, 2.24) is 15.0 Å². The second-order valence-corrected chi connectivity index (χ2v) is 4.95. The molecule has 5 nitrogen and oxygen atoms in total. The fraction of sp³-hybridized carbons (Fsp3) is 0.273. The molecule has 2 heterocycles. The van der Waals surface area contributed by atoms with Gasteiger partial charge in [0.05, 0.1) is 23.3 Å². The number of carbonyl (C=O) groups is 1. The van der Waals surface area contributed by atoms with Crippen LogP contribution in [0.2, 0.25) is 5.15 Å². The van der Waals surface area contributed by atoms with Crippen molar-refractivity contribution in [2.75, 3.05) is 5.32 Å². The van der Waals surface area contributed by atoms with Crippen LogP contribution in [0.25, 0.3) is 0 Å². The van der Waals surface area contributed by atoms with E-state index in [0.717, 1.165) is 10.6 Å². The summed E-state index contributed by atoms with van der Waals surface area (Å²) < 4.78 is 0. The number of aryl methyl sites for hydroxylation is 2. The average molecular weight is 283 g/mol. The van der Waals surface area contributed by atoms with Crippen LogP contribution in [0.15, 0.2) is 5.51 Å². The van der Waals surface area contributed by atoms with Crippen LogP contribution in [0.3, 0.4) is 0 Å². The number of aromatic nitrogens is 3. The average Bonchev–Trinajstić information content (AvgIpc) is 2.71. The number of thiazole rings is 1. The summed E-state index contributed by atoms with van der Waals surface area (Å²) in [5, 5.41) is 3.26. The van der Waals surface area contributed by atoms with E-state index in [4.69, 9.17) is 11.6 Å². The third-order valence-electron chi connectivity index (χ3n) is 2.39. The minimum Gasteiger partial charge on any atom is -0.364 e. The molecule has 0 spiro atoms. The van der Waals surface area contributed by atoms with E-state index in [-0.39, 0.29) is 10.7 Å². The molecule has 18 heavy (non-hydrogen) atoms. The predicted octanol–water partition coefficient (Wildman–Crippen LogP) is 2.63. The van der Waals surface area contributed by atoms with Gasteiger partial charge >= 0.3 is 0 Å². The van der Waals surface area contributed by atoms with Crippen molar-refractivity contribution in [2.24, 2.45) is 0 Å². The Morgan fingerprint density at radius 2 is 2.22 bits per heavy atom. The third kappa shape index (κ3) is 2.65. The maximum absolute atomic E-state index is 11.0. The number of halogens is 1. The van der Waals surface area contributed by atoms with Crippen molar-refractivity contribution in [1.29, 1.82) is 0 Å². The van der Waals surface area contributed by atoms with Gasteiger partial charge in [0.25, 0.3) is 0 Å². The predicted molar refractivity (Wildman–Crippen MR) is 71.3 cm³/mol. The van der Waals surface area contributed by atoms with Crippen molar-refractivity contribution in [3.05, 3.63) is 32.6 Å². The minimum absolute atomic E-state index is 0.168. The molecule has 0 saturated heterocycles. The number of nitrogens with one attached hydrogen (secondary N) is 1. The largest absolute Gasteiger partial charge is 0.364 e. The molecule has 0 aliphatic rings. The summed E-state index contributed by atoms with van der Waals surface area (Å²) in [6.07, 6.45) is 0.656. The van der Waals surface area contributed by atoms with Crippen molar-refractivity contribution >= 4 is 35.0 Å². The first kappa shape index (κ1) is 12.9. The van der Waals surface area contributed by atoms with E-state index < -0.39 is 0 Å². The summed E-state index contributed by atoms with van der Waals surface area (Å²) in [5.74, 6) is 0.976. The highest BCUT2D eigenvalue weighted by atomic mass is 35.5. The Labute approximate surface area is 113 Å². The molecule has 0 fully saturated rings. The van der Waals surface area contributed by atoms with Gasteiger partial charge in [0.1, 0.15) is 16.8 Å². The van der Waals surface area contributed by atoms with E-state index in [1.165, 1.54) is 0 Å². The smallest absolute Gasteiger partial charge is 0.156 e. The van der Waals surface area contributed by atoms with Crippen LogP contribution in [0.4, 0.5) is 5.82 Å². The highest BCUT2D eigenvalue weighted by molar-refractivity contribution is 7.09. The lowest BCUT2D eigenvalue weighted by molar-refractivity contribution is 0.112. The molecule has 0 radical (unpaired) electrons. The Hall–Kier alpha value is -1.53. The van der Waals surface area contributed by atoms with Crippen molar-refractivity contribution in [2.45, 2.75) is 20.4 Å². The second-order valence-electron chi connectivity index (χ2n) is 3.66. The lowest BCUT2D eigenvalue weighted by Gasteiger charge is -2.08. The van der Waals surface area contributed by atoms with E-state index in [0.29, 0.717) is 24.5 Å². The van der Waals surface area contributed by atoms with Crippen LogP contribution in [0.1, 0.15) is 26.8 Å². The quantitative estimate of drug-likeness (QED) is 0.690. The Morgan fingerprint density at radius 1 is 1.44 bits per heavy atom. The molecule has 0 amide bonds. The summed E-state index contributed by atoms with van der Waals surface area (Å²) >= 11 is 7.45. The lowest BCUT2D eigenvalue weighted by Crippen LogP contribution is -2.07. The molecule has 1 N–H and O–H groups in total. The molecule has 0 aromatic carbocycles. The minimum atomic E-state index is 0.168. The summed E-state index contributed by atoms with van der Waals surface area (Å²) in [7, 11) is 0. The molecule has 7 heteroatoms. The van der Waals surface area contributed by atoms with Crippen LogP contribution in [-0.2, 0) is 6.54 Å². The Kier molecular flexibility index (Phi) is 3.88. The van der Waals surface area contributed by atoms with Crippen molar-refractivity contribution in [3.63, 3.8) is 0 Å². The second kappa shape index (κ2) is 5.41. The first-order valence-electron chi connectivity index (χ1n) is 5.24. The number of nitrogens with zero attached hydrogens (tertiary/aromatic N) is 3. The molecule has 0 saturated carbocycles. The maximum atomic E-state index is 11.0. The zero-order valence-electron chi connectivity index (χ0n) is 9.90. The Morgan fingerprint density at radius 3 is 2.83 bits per heavy atom. The standard InChI is InChI=1S/C11H11ClN4OS/c1-6-9(18-5-14-6)3-13-11-8(4-17)10(12)15-7(2)16-11/h4-5H,3H2,1-2H3,(H,13,15,16). The first-order chi connectivity index (χ1) is 8.61. The zero-order valence-corrected chi connectivity index (χ0v) is 11.5. The molecule has 2 aromatic heterocycles. The SMILES string of the molecule is Cc1nc(Cl)c(C=O)c(NCc2scnc2C)n1. The van der Waals surface area contributed by atoms with Gasteiger partial charge in [-0.05, 0) is 13.8 Å². The van der Waals surface area contributed by atoms with Gasteiger partial charge in [-0.1, -0.05) is 11.6 Å². The van der Waals surface area contributed by atoms with Gasteiger partial charge in [0.15, 0.2) is 6.29 Å². The van der Waals surface area contributed by atoms with Gasteiger partial charge in [-0.15, -0.1) is 11.3 Å². The number of rotatable bonds is 4. The van der Waals surface area contributed by atoms with Gasteiger partial charge in [0, 0.05) is 4.88 Å². The molecular weight excluding hydrogens is 272 g/mol. The molecule has 0 atom stereocenters. The summed E-state index contributed by atoms with van der Waals surface area (Å²) in [5.41, 5.74) is 3.03. The fourth-order valence-electron chi connectivity index (χ4n) is 1.45.